The smallest absolute Gasteiger partial charge is 0.0702 e. The molecule has 0 spiro atoms. The van der Waals surface area contributed by atoms with E-state index in [1.807, 2.05) is 12.3 Å². The molecule has 1 aromatic heterocycles. The highest BCUT2D eigenvalue weighted by molar-refractivity contribution is 5.78. The summed E-state index contributed by atoms with van der Waals surface area (Å²) < 4.78 is 0. The van der Waals surface area contributed by atoms with Gasteiger partial charge in [0.15, 0.2) is 0 Å². The van der Waals surface area contributed by atoms with Crippen LogP contribution in [-0.4, -0.2) is 11.5 Å². The Labute approximate surface area is 109 Å². The van der Waals surface area contributed by atoms with Crippen molar-refractivity contribution in [2.75, 3.05) is 6.54 Å². The molecule has 2 nitrogen and oxygen atoms in total. The van der Waals surface area contributed by atoms with Crippen molar-refractivity contribution in [3.8, 4) is 0 Å². The number of fused-ring (bicyclic) bond motifs is 1. The van der Waals surface area contributed by atoms with E-state index in [9.17, 15) is 0 Å². The summed E-state index contributed by atoms with van der Waals surface area (Å²) in [5.41, 5.74) is 2.39. The molecule has 0 fully saturated rings. The van der Waals surface area contributed by atoms with Gasteiger partial charge in [-0.3, -0.25) is 4.98 Å². The van der Waals surface area contributed by atoms with Gasteiger partial charge in [-0.1, -0.05) is 38.5 Å². The Hall–Kier alpha value is -1.41. The highest BCUT2D eigenvalue weighted by Crippen LogP contribution is 2.21. The molecular weight excluding hydrogens is 220 g/mol. The number of aromatic nitrogens is 1. The fourth-order valence-corrected chi connectivity index (χ4v) is 2.27. The molecule has 96 valence electrons. The monoisotopic (exact) mass is 242 g/mol. The molecule has 0 amide bonds. The summed E-state index contributed by atoms with van der Waals surface area (Å²) in [4.78, 5) is 4.55. The van der Waals surface area contributed by atoms with Gasteiger partial charge < -0.3 is 5.32 Å². The first-order valence-corrected chi connectivity index (χ1v) is 6.93. The minimum Gasteiger partial charge on any atom is -0.310 e. The summed E-state index contributed by atoms with van der Waals surface area (Å²) in [6.45, 7) is 5.50. The summed E-state index contributed by atoms with van der Waals surface area (Å²) in [6, 6.07) is 11.0. The van der Waals surface area contributed by atoms with Gasteiger partial charge in [-0.2, -0.15) is 0 Å². The van der Waals surface area contributed by atoms with E-state index < -0.39 is 0 Å². The Bertz CT molecular complexity index is 493. The summed E-state index contributed by atoms with van der Waals surface area (Å²) >= 11 is 0. The Kier molecular flexibility index (Phi) is 4.71. The van der Waals surface area contributed by atoms with Gasteiger partial charge in [0.05, 0.1) is 5.52 Å². The molecule has 0 aliphatic heterocycles. The Morgan fingerprint density at radius 1 is 1.17 bits per heavy atom. The topological polar surface area (TPSA) is 24.9 Å². The molecule has 2 aromatic rings. The molecule has 0 aliphatic carbocycles. The first-order chi connectivity index (χ1) is 8.85. The molecule has 1 aromatic carbocycles. The predicted molar refractivity (Wildman–Crippen MR) is 77.7 cm³/mol. The van der Waals surface area contributed by atoms with E-state index in [-0.39, 0.29) is 0 Å². The maximum Gasteiger partial charge on any atom is 0.0702 e. The van der Waals surface area contributed by atoms with E-state index in [1.54, 1.807) is 0 Å². The van der Waals surface area contributed by atoms with Crippen LogP contribution in [0.1, 0.15) is 44.7 Å². The lowest BCUT2D eigenvalue weighted by Gasteiger charge is -2.18. The number of hydrogen-bond donors (Lipinski definition) is 1. The highest BCUT2D eigenvalue weighted by Gasteiger charge is 2.10. The number of nitrogens with zero attached hydrogens (tertiary/aromatic N) is 1. The lowest BCUT2D eigenvalue weighted by Crippen LogP contribution is -2.22. The third-order valence-corrected chi connectivity index (χ3v) is 3.23. The Balaban J connectivity index is 2.25. The zero-order valence-electron chi connectivity index (χ0n) is 11.3. The van der Waals surface area contributed by atoms with Crippen LogP contribution in [-0.2, 0) is 0 Å². The molecule has 0 radical (unpaired) electrons. The zero-order valence-corrected chi connectivity index (χ0v) is 11.3. The Morgan fingerprint density at radius 3 is 2.78 bits per heavy atom. The van der Waals surface area contributed by atoms with Crippen LogP contribution >= 0.6 is 0 Å². The Morgan fingerprint density at radius 2 is 2.00 bits per heavy atom. The summed E-state index contributed by atoms with van der Waals surface area (Å²) in [7, 11) is 0. The van der Waals surface area contributed by atoms with Crippen LogP contribution in [0.4, 0.5) is 0 Å². The molecule has 1 N–H and O–H groups in total. The average Bonchev–Trinajstić information content (AvgIpc) is 2.43. The molecule has 1 atom stereocenters. The number of benzene rings is 1. The third-order valence-electron chi connectivity index (χ3n) is 3.23. The van der Waals surface area contributed by atoms with Crippen molar-refractivity contribution in [1.82, 2.24) is 10.3 Å². The SMILES string of the molecule is CCCNC(CCC)c1cnc2ccccc2c1. The lowest BCUT2D eigenvalue weighted by atomic mass is 10.0. The van der Waals surface area contributed by atoms with Gasteiger partial charge in [0.1, 0.15) is 0 Å². The van der Waals surface area contributed by atoms with Crippen molar-refractivity contribution in [2.45, 2.75) is 39.2 Å². The molecule has 1 unspecified atom stereocenters. The number of para-hydroxylation sites is 1. The second kappa shape index (κ2) is 6.50. The van der Waals surface area contributed by atoms with E-state index in [0.29, 0.717) is 6.04 Å². The van der Waals surface area contributed by atoms with Crippen LogP contribution in [0.3, 0.4) is 0 Å². The van der Waals surface area contributed by atoms with Gasteiger partial charge in [-0.05, 0) is 37.1 Å². The second-order valence-electron chi connectivity index (χ2n) is 4.76. The van der Waals surface area contributed by atoms with E-state index >= 15 is 0 Å². The fourth-order valence-electron chi connectivity index (χ4n) is 2.27. The maximum atomic E-state index is 4.55. The number of hydrogen-bond acceptors (Lipinski definition) is 2. The van der Waals surface area contributed by atoms with Gasteiger partial charge in [0.25, 0.3) is 0 Å². The molecule has 1 heterocycles. The molecule has 18 heavy (non-hydrogen) atoms. The summed E-state index contributed by atoms with van der Waals surface area (Å²) in [5, 5.41) is 4.84. The largest absolute Gasteiger partial charge is 0.310 e. The summed E-state index contributed by atoms with van der Waals surface area (Å²) in [5.74, 6) is 0. The molecule has 0 saturated carbocycles. The van der Waals surface area contributed by atoms with Crippen molar-refractivity contribution >= 4 is 10.9 Å². The van der Waals surface area contributed by atoms with E-state index in [2.05, 4.69) is 48.4 Å². The molecular formula is C16H22N2. The van der Waals surface area contributed by atoms with Crippen LogP contribution in [0.25, 0.3) is 10.9 Å². The van der Waals surface area contributed by atoms with Crippen LogP contribution in [0.2, 0.25) is 0 Å². The number of rotatable bonds is 6. The van der Waals surface area contributed by atoms with Gasteiger partial charge in [-0.15, -0.1) is 0 Å². The van der Waals surface area contributed by atoms with Crippen LogP contribution < -0.4 is 5.32 Å². The molecule has 2 rings (SSSR count). The third kappa shape index (κ3) is 3.08. The minimum absolute atomic E-state index is 0.437. The van der Waals surface area contributed by atoms with Crippen molar-refractivity contribution in [1.29, 1.82) is 0 Å². The van der Waals surface area contributed by atoms with Crippen LogP contribution in [0.5, 0.6) is 0 Å². The van der Waals surface area contributed by atoms with Gasteiger partial charge in [-0.25, -0.2) is 0 Å². The normalized spacial score (nSPS) is 12.8. The maximum absolute atomic E-state index is 4.55. The van der Waals surface area contributed by atoms with Gasteiger partial charge in [0, 0.05) is 17.6 Å². The van der Waals surface area contributed by atoms with Crippen molar-refractivity contribution in [2.24, 2.45) is 0 Å². The predicted octanol–water partition coefficient (Wildman–Crippen LogP) is 4.08. The quantitative estimate of drug-likeness (QED) is 0.825. The van der Waals surface area contributed by atoms with Crippen LogP contribution in [0, 0.1) is 0 Å². The molecule has 0 bridgehead atoms. The second-order valence-corrected chi connectivity index (χ2v) is 4.76. The zero-order chi connectivity index (χ0) is 12.8. The number of nitrogens with one attached hydrogen (secondary N) is 1. The number of pyridine rings is 1. The van der Waals surface area contributed by atoms with Crippen molar-refractivity contribution in [3.05, 3.63) is 42.1 Å². The fraction of sp³-hybridized carbons (Fsp3) is 0.438. The van der Waals surface area contributed by atoms with E-state index in [1.165, 1.54) is 30.2 Å². The van der Waals surface area contributed by atoms with Crippen LogP contribution in [0.15, 0.2) is 36.5 Å². The molecule has 0 saturated heterocycles. The summed E-state index contributed by atoms with van der Waals surface area (Å²) in [6.07, 6.45) is 5.54. The van der Waals surface area contributed by atoms with Gasteiger partial charge >= 0.3 is 0 Å². The lowest BCUT2D eigenvalue weighted by molar-refractivity contribution is 0.493. The van der Waals surface area contributed by atoms with Gasteiger partial charge in [0.2, 0.25) is 0 Å². The molecule has 0 aliphatic rings. The average molecular weight is 242 g/mol. The van der Waals surface area contributed by atoms with E-state index in [0.717, 1.165) is 12.1 Å². The standard InChI is InChI=1S/C16H22N2/c1-3-7-15(17-10-4-2)14-11-13-8-5-6-9-16(13)18-12-14/h5-6,8-9,11-12,15,17H,3-4,7,10H2,1-2H3. The van der Waals surface area contributed by atoms with E-state index in [4.69, 9.17) is 0 Å². The highest BCUT2D eigenvalue weighted by atomic mass is 14.9. The molecule has 2 heteroatoms. The van der Waals surface area contributed by atoms with Crippen molar-refractivity contribution in [3.63, 3.8) is 0 Å². The first-order valence-electron chi connectivity index (χ1n) is 6.93. The minimum atomic E-state index is 0.437. The van der Waals surface area contributed by atoms with Crippen molar-refractivity contribution < 1.29 is 0 Å². The first kappa shape index (κ1) is 13.0.